The molecule has 0 amide bonds. The number of hydrogen-bond donors (Lipinski definition) is 0. The summed E-state index contributed by atoms with van der Waals surface area (Å²) in [7, 11) is 0. The van der Waals surface area contributed by atoms with Gasteiger partial charge < -0.3 is 0 Å². The molecule has 2 aromatic heterocycles. The molecule has 0 N–H and O–H groups in total. The van der Waals surface area contributed by atoms with E-state index in [-0.39, 0.29) is 5.69 Å². The van der Waals surface area contributed by atoms with Gasteiger partial charge in [-0.1, -0.05) is 15.9 Å². The van der Waals surface area contributed by atoms with Crippen LogP contribution in [0.25, 0.3) is 5.78 Å². The van der Waals surface area contributed by atoms with E-state index in [1.807, 2.05) is 0 Å². The minimum atomic E-state index is -0.131. The highest BCUT2D eigenvalue weighted by molar-refractivity contribution is 9.09. The van der Waals surface area contributed by atoms with Crippen LogP contribution in [0, 0.1) is 0 Å². The fourth-order valence-corrected chi connectivity index (χ4v) is 1.47. The SMILES string of the molecule is O=c1n(CCCBr)nc2ncccn12. The Morgan fingerprint density at radius 3 is 3.07 bits per heavy atom. The molecule has 74 valence electrons. The molecule has 0 bridgehead atoms. The minimum absolute atomic E-state index is 0.131. The molecule has 5 nitrogen and oxygen atoms in total. The van der Waals surface area contributed by atoms with E-state index in [0.29, 0.717) is 12.3 Å². The van der Waals surface area contributed by atoms with Crippen LogP contribution >= 0.6 is 15.9 Å². The van der Waals surface area contributed by atoms with Crippen molar-refractivity contribution < 1.29 is 0 Å². The van der Waals surface area contributed by atoms with Gasteiger partial charge in [-0.3, -0.25) is 0 Å². The molecule has 14 heavy (non-hydrogen) atoms. The number of rotatable bonds is 3. The monoisotopic (exact) mass is 256 g/mol. The lowest BCUT2D eigenvalue weighted by Gasteiger charge is -1.93. The molecule has 0 aliphatic rings. The van der Waals surface area contributed by atoms with Crippen LogP contribution in [0.4, 0.5) is 0 Å². The summed E-state index contributed by atoms with van der Waals surface area (Å²) in [6, 6.07) is 1.71. The van der Waals surface area contributed by atoms with Gasteiger partial charge in [0.05, 0.1) is 0 Å². The molecule has 2 aromatic rings. The van der Waals surface area contributed by atoms with Crippen LogP contribution in [-0.4, -0.2) is 24.5 Å². The van der Waals surface area contributed by atoms with E-state index in [2.05, 4.69) is 26.0 Å². The summed E-state index contributed by atoms with van der Waals surface area (Å²) < 4.78 is 2.87. The molecule has 0 atom stereocenters. The number of halogens is 1. The molecule has 0 fully saturated rings. The third kappa shape index (κ3) is 1.57. The highest BCUT2D eigenvalue weighted by Gasteiger charge is 2.05. The maximum atomic E-state index is 11.6. The Hall–Kier alpha value is -1.17. The number of nitrogens with zero attached hydrogens (tertiary/aromatic N) is 4. The van der Waals surface area contributed by atoms with E-state index in [4.69, 9.17) is 0 Å². The molecule has 0 saturated carbocycles. The van der Waals surface area contributed by atoms with Crippen LogP contribution in [-0.2, 0) is 6.54 Å². The Bertz CT molecular complexity index is 489. The average Bonchev–Trinajstić information content (AvgIpc) is 2.54. The van der Waals surface area contributed by atoms with Crippen LogP contribution in [0.3, 0.4) is 0 Å². The third-order valence-electron chi connectivity index (χ3n) is 1.87. The van der Waals surface area contributed by atoms with Crippen molar-refractivity contribution in [1.29, 1.82) is 0 Å². The fraction of sp³-hybridized carbons (Fsp3) is 0.375. The van der Waals surface area contributed by atoms with Crippen molar-refractivity contribution in [1.82, 2.24) is 19.2 Å². The van der Waals surface area contributed by atoms with Crippen molar-refractivity contribution in [2.75, 3.05) is 5.33 Å². The Morgan fingerprint density at radius 1 is 1.50 bits per heavy atom. The number of aryl methyl sites for hydroxylation is 1. The molecule has 0 aliphatic heterocycles. The van der Waals surface area contributed by atoms with Gasteiger partial charge in [0.2, 0.25) is 0 Å². The van der Waals surface area contributed by atoms with Gasteiger partial charge in [0.15, 0.2) is 0 Å². The normalized spacial score (nSPS) is 10.9. The average molecular weight is 257 g/mol. The molecule has 2 rings (SSSR count). The summed E-state index contributed by atoms with van der Waals surface area (Å²) in [4.78, 5) is 15.6. The van der Waals surface area contributed by atoms with Crippen molar-refractivity contribution >= 4 is 21.7 Å². The number of fused-ring (bicyclic) bond motifs is 1. The Balaban J connectivity index is 2.47. The van der Waals surface area contributed by atoms with Crippen LogP contribution < -0.4 is 5.69 Å². The van der Waals surface area contributed by atoms with E-state index in [9.17, 15) is 4.79 Å². The van der Waals surface area contributed by atoms with Gasteiger partial charge in [0, 0.05) is 24.3 Å². The number of hydrogen-bond acceptors (Lipinski definition) is 3. The van der Waals surface area contributed by atoms with E-state index in [0.717, 1.165) is 11.8 Å². The molecule has 6 heteroatoms. The fourth-order valence-electron chi connectivity index (χ4n) is 1.22. The maximum absolute atomic E-state index is 11.6. The first-order valence-corrected chi connectivity index (χ1v) is 5.41. The van der Waals surface area contributed by atoms with E-state index in [1.165, 1.54) is 9.08 Å². The highest BCUT2D eigenvalue weighted by atomic mass is 79.9. The first kappa shape index (κ1) is 9.39. The molecule has 0 aliphatic carbocycles. The molecular formula is C8H9BrN4O. The summed E-state index contributed by atoms with van der Waals surface area (Å²) >= 11 is 3.31. The summed E-state index contributed by atoms with van der Waals surface area (Å²) in [5.41, 5.74) is -0.131. The first-order valence-electron chi connectivity index (χ1n) is 4.29. The van der Waals surface area contributed by atoms with Crippen LogP contribution in [0.5, 0.6) is 0 Å². The maximum Gasteiger partial charge on any atom is 0.351 e. The van der Waals surface area contributed by atoms with Crippen molar-refractivity contribution in [3.05, 3.63) is 28.9 Å². The molecule has 0 radical (unpaired) electrons. The Labute approximate surface area is 88.5 Å². The zero-order valence-corrected chi connectivity index (χ0v) is 9.01. The summed E-state index contributed by atoms with van der Waals surface area (Å²) in [5, 5.41) is 4.95. The van der Waals surface area contributed by atoms with Gasteiger partial charge in [-0.15, -0.1) is 5.10 Å². The lowest BCUT2D eigenvalue weighted by molar-refractivity contribution is 0.586. The predicted molar refractivity (Wildman–Crippen MR) is 55.7 cm³/mol. The van der Waals surface area contributed by atoms with Crippen LogP contribution in [0.1, 0.15) is 6.42 Å². The van der Waals surface area contributed by atoms with Gasteiger partial charge in [0.1, 0.15) is 0 Å². The molecule has 0 unspecified atom stereocenters. The van der Waals surface area contributed by atoms with Gasteiger partial charge >= 0.3 is 5.69 Å². The predicted octanol–water partition coefficient (Wildman–Crippen LogP) is 0.676. The second-order valence-electron chi connectivity index (χ2n) is 2.84. The van der Waals surface area contributed by atoms with Gasteiger partial charge in [-0.25, -0.2) is 18.9 Å². The minimum Gasteiger partial charge on any atom is -0.246 e. The van der Waals surface area contributed by atoms with Crippen molar-refractivity contribution in [3.63, 3.8) is 0 Å². The molecule has 2 heterocycles. The van der Waals surface area contributed by atoms with Crippen LogP contribution in [0.15, 0.2) is 23.3 Å². The topological polar surface area (TPSA) is 52.2 Å². The standard InChI is InChI=1S/C8H9BrN4O/c9-3-1-6-13-8(14)12-5-2-4-10-7(12)11-13/h2,4-5H,1,3,6H2. The third-order valence-corrected chi connectivity index (χ3v) is 2.43. The highest BCUT2D eigenvalue weighted by Crippen LogP contribution is 1.93. The summed E-state index contributed by atoms with van der Waals surface area (Å²) in [6.07, 6.45) is 4.17. The zero-order chi connectivity index (χ0) is 9.97. The van der Waals surface area contributed by atoms with Crippen molar-refractivity contribution in [3.8, 4) is 0 Å². The molecule has 0 aromatic carbocycles. The lowest BCUT2D eigenvalue weighted by Crippen LogP contribution is -2.21. The van der Waals surface area contributed by atoms with Gasteiger partial charge in [-0.2, -0.15) is 0 Å². The van der Waals surface area contributed by atoms with E-state index >= 15 is 0 Å². The molecule has 0 saturated heterocycles. The largest absolute Gasteiger partial charge is 0.351 e. The summed E-state index contributed by atoms with van der Waals surface area (Å²) in [5.74, 6) is 0.451. The Morgan fingerprint density at radius 2 is 2.36 bits per heavy atom. The van der Waals surface area contributed by atoms with E-state index in [1.54, 1.807) is 18.5 Å². The van der Waals surface area contributed by atoms with Gasteiger partial charge in [0.25, 0.3) is 5.78 Å². The quantitative estimate of drug-likeness (QED) is 0.759. The second kappa shape index (κ2) is 3.91. The van der Waals surface area contributed by atoms with Crippen LogP contribution in [0.2, 0.25) is 0 Å². The Kier molecular flexibility index (Phi) is 2.62. The number of alkyl halides is 1. The zero-order valence-electron chi connectivity index (χ0n) is 7.43. The van der Waals surface area contributed by atoms with Crippen molar-refractivity contribution in [2.45, 2.75) is 13.0 Å². The van der Waals surface area contributed by atoms with E-state index < -0.39 is 0 Å². The molecular weight excluding hydrogens is 248 g/mol. The number of aromatic nitrogens is 4. The summed E-state index contributed by atoms with van der Waals surface area (Å²) in [6.45, 7) is 0.618. The smallest absolute Gasteiger partial charge is 0.246 e. The lowest BCUT2D eigenvalue weighted by atomic mass is 10.5. The second-order valence-corrected chi connectivity index (χ2v) is 3.63. The van der Waals surface area contributed by atoms with Crippen molar-refractivity contribution in [2.24, 2.45) is 0 Å². The first-order chi connectivity index (χ1) is 6.83. The van der Waals surface area contributed by atoms with Gasteiger partial charge in [-0.05, 0) is 12.5 Å². The molecule has 0 spiro atoms.